The molecule has 1 aromatic carbocycles. The van der Waals surface area contributed by atoms with E-state index in [1.54, 1.807) is 18.6 Å². The first-order valence-corrected chi connectivity index (χ1v) is 11.0. The third-order valence-electron chi connectivity index (χ3n) is 5.85. The number of carbonyl (C=O) groups is 1. The highest BCUT2D eigenvalue weighted by Crippen LogP contribution is 2.31. The highest BCUT2D eigenvalue weighted by Gasteiger charge is 2.23. The molecule has 0 amide bonds. The maximum absolute atomic E-state index is 10.8. The van der Waals surface area contributed by atoms with Crippen molar-refractivity contribution >= 4 is 11.9 Å². The number of carboxylic acid groups (broad SMARTS) is 1. The maximum atomic E-state index is 10.8. The third-order valence-corrected chi connectivity index (χ3v) is 5.85. The number of ether oxygens (including phenoxy) is 1. The second kappa shape index (κ2) is 9.76. The Bertz CT molecular complexity index is 1040. The molecule has 9 heteroatoms. The Kier molecular flexibility index (Phi) is 6.63. The molecule has 0 spiro atoms. The van der Waals surface area contributed by atoms with Crippen molar-refractivity contribution in [3.05, 3.63) is 48.4 Å². The quantitative estimate of drug-likeness (QED) is 0.573. The van der Waals surface area contributed by atoms with Crippen molar-refractivity contribution in [3.63, 3.8) is 0 Å². The van der Waals surface area contributed by atoms with Crippen LogP contribution in [-0.4, -0.2) is 55.2 Å². The van der Waals surface area contributed by atoms with Gasteiger partial charge in [-0.2, -0.15) is 0 Å². The lowest BCUT2D eigenvalue weighted by atomic mass is 9.97. The molecular formula is C23H28N6O3. The first-order valence-electron chi connectivity index (χ1n) is 11.0. The minimum Gasteiger partial charge on any atom is -0.490 e. The molecule has 1 saturated heterocycles. The number of anilines is 1. The molecule has 168 valence electrons. The molecule has 3 heterocycles. The molecule has 1 unspecified atom stereocenters. The number of piperidine rings is 1. The van der Waals surface area contributed by atoms with Gasteiger partial charge in [-0.25, -0.2) is 14.6 Å². The summed E-state index contributed by atoms with van der Waals surface area (Å²) in [4.78, 5) is 21.9. The second-order valence-corrected chi connectivity index (χ2v) is 8.12. The molecule has 1 atom stereocenters. The molecule has 1 N–H and O–H groups in total. The maximum Gasteiger partial charge on any atom is 0.325 e. The number of carboxylic acids is 1. The third kappa shape index (κ3) is 5.04. The van der Waals surface area contributed by atoms with Crippen LogP contribution >= 0.6 is 0 Å². The summed E-state index contributed by atoms with van der Waals surface area (Å²) in [5, 5.41) is 16.7. The van der Waals surface area contributed by atoms with Gasteiger partial charge in [0.2, 0.25) is 5.95 Å². The summed E-state index contributed by atoms with van der Waals surface area (Å²) >= 11 is 0. The number of aliphatic carboxylic acids is 1. The zero-order valence-electron chi connectivity index (χ0n) is 18.4. The Morgan fingerprint density at radius 1 is 1.22 bits per heavy atom. The first kappa shape index (κ1) is 21.7. The van der Waals surface area contributed by atoms with E-state index >= 15 is 0 Å². The summed E-state index contributed by atoms with van der Waals surface area (Å²) in [5.74, 6) is 1.18. The number of para-hydroxylation sites is 1. The van der Waals surface area contributed by atoms with Crippen molar-refractivity contribution in [2.24, 2.45) is 0 Å². The molecule has 4 rings (SSSR count). The number of rotatable bonds is 8. The zero-order chi connectivity index (χ0) is 22.5. The van der Waals surface area contributed by atoms with Crippen LogP contribution in [0.2, 0.25) is 0 Å². The Labute approximate surface area is 187 Å². The highest BCUT2D eigenvalue weighted by atomic mass is 16.5. The topological polar surface area (TPSA) is 106 Å². The lowest BCUT2D eigenvalue weighted by Gasteiger charge is -2.32. The van der Waals surface area contributed by atoms with E-state index in [1.165, 1.54) is 10.2 Å². The number of hydrogen-bond donors (Lipinski definition) is 1. The summed E-state index contributed by atoms with van der Waals surface area (Å²) in [7, 11) is 0. The van der Waals surface area contributed by atoms with Crippen LogP contribution in [-0.2, 0) is 11.3 Å². The Morgan fingerprint density at radius 3 is 2.62 bits per heavy atom. The van der Waals surface area contributed by atoms with Crippen molar-refractivity contribution in [2.75, 3.05) is 18.0 Å². The predicted molar refractivity (Wildman–Crippen MR) is 120 cm³/mol. The van der Waals surface area contributed by atoms with E-state index in [4.69, 9.17) is 9.84 Å². The van der Waals surface area contributed by atoms with Gasteiger partial charge in [-0.15, -0.1) is 5.10 Å². The van der Waals surface area contributed by atoms with E-state index in [2.05, 4.69) is 57.2 Å². The molecule has 3 aromatic rings. The number of hydrogen-bond acceptors (Lipinski definition) is 7. The molecule has 1 aliphatic rings. The first-order chi connectivity index (χ1) is 15.5. The van der Waals surface area contributed by atoms with Gasteiger partial charge in [-0.05, 0) is 24.0 Å². The van der Waals surface area contributed by atoms with Gasteiger partial charge in [-0.3, -0.25) is 4.79 Å². The molecule has 32 heavy (non-hydrogen) atoms. The standard InChI is InChI=1S/C23H28N6O3/c1-3-16(2)19-6-4-5-7-21(19)32-18-8-10-28(11-9-18)23-24-12-17(13-25-23)20-14-29(27-26-20)15-22(30)31/h4-7,12-14,16,18H,3,8-11,15H2,1-2H3,(H,30,31). The van der Waals surface area contributed by atoms with Gasteiger partial charge in [-0.1, -0.05) is 37.3 Å². The van der Waals surface area contributed by atoms with E-state index in [-0.39, 0.29) is 12.6 Å². The van der Waals surface area contributed by atoms with Gasteiger partial charge in [0.05, 0.1) is 6.20 Å². The number of benzene rings is 1. The van der Waals surface area contributed by atoms with Crippen molar-refractivity contribution in [1.29, 1.82) is 0 Å². The molecule has 9 nitrogen and oxygen atoms in total. The Morgan fingerprint density at radius 2 is 1.94 bits per heavy atom. The summed E-state index contributed by atoms with van der Waals surface area (Å²) in [6.45, 7) is 5.85. The summed E-state index contributed by atoms with van der Waals surface area (Å²) in [6.07, 6.45) is 8.05. The van der Waals surface area contributed by atoms with E-state index in [0.717, 1.165) is 38.1 Å². The normalized spacial score (nSPS) is 15.5. The second-order valence-electron chi connectivity index (χ2n) is 8.12. The summed E-state index contributed by atoms with van der Waals surface area (Å²) < 4.78 is 7.65. The van der Waals surface area contributed by atoms with Crippen LogP contribution in [0.4, 0.5) is 5.95 Å². The minimum absolute atomic E-state index is 0.181. The monoisotopic (exact) mass is 436 g/mol. The molecular weight excluding hydrogens is 408 g/mol. The van der Waals surface area contributed by atoms with E-state index in [9.17, 15) is 4.79 Å². The van der Waals surface area contributed by atoms with Crippen LogP contribution in [0.15, 0.2) is 42.9 Å². The lowest BCUT2D eigenvalue weighted by molar-refractivity contribution is -0.137. The predicted octanol–water partition coefficient (Wildman–Crippen LogP) is 3.38. The Hall–Kier alpha value is -3.49. The number of nitrogens with zero attached hydrogens (tertiary/aromatic N) is 6. The molecule has 1 aliphatic heterocycles. The van der Waals surface area contributed by atoms with Crippen LogP contribution in [0.1, 0.15) is 44.6 Å². The largest absolute Gasteiger partial charge is 0.490 e. The fourth-order valence-corrected chi connectivity index (χ4v) is 3.83. The highest BCUT2D eigenvalue weighted by molar-refractivity contribution is 5.66. The summed E-state index contributed by atoms with van der Waals surface area (Å²) in [5.41, 5.74) is 2.52. The smallest absolute Gasteiger partial charge is 0.325 e. The van der Waals surface area contributed by atoms with Crippen molar-refractivity contribution < 1.29 is 14.6 Å². The van der Waals surface area contributed by atoms with Crippen molar-refractivity contribution in [3.8, 4) is 17.0 Å². The fourth-order valence-electron chi connectivity index (χ4n) is 3.83. The number of aromatic nitrogens is 5. The van der Waals surface area contributed by atoms with Gasteiger partial charge in [0.15, 0.2) is 0 Å². The Balaban J connectivity index is 1.35. The molecule has 2 aromatic heterocycles. The van der Waals surface area contributed by atoms with Crippen LogP contribution in [0.5, 0.6) is 5.75 Å². The van der Waals surface area contributed by atoms with Crippen molar-refractivity contribution in [2.45, 2.75) is 51.7 Å². The SMILES string of the molecule is CCC(C)c1ccccc1OC1CCN(c2ncc(-c3cn(CC(=O)O)nn3)cn2)CC1. The molecule has 1 fully saturated rings. The van der Waals surface area contributed by atoms with Crippen LogP contribution in [0.25, 0.3) is 11.3 Å². The van der Waals surface area contributed by atoms with E-state index < -0.39 is 5.97 Å². The van der Waals surface area contributed by atoms with Gasteiger partial charge >= 0.3 is 5.97 Å². The molecule has 0 bridgehead atoms. The van der Waals surface area contributed by atoms with Gasteiger partial charge < -0.3 is 14.7 Å². The van der Waals surface area contributed by atoms with E-state index in [0.29, 0.717) is 23.1 Å². The van der Waals surface area contributed by atoms with Crippen LogP contribution in [0.3, 0.4) is 0 Å². The average Bonchev–Trinajstić information content (AvgIpc) is 3.27. The lowest BCUT2D eigenvalue weighted by Crippen LogP contribution is -2.39. The van der Waals surface area contributed by atoms with Crippen LogP contribution < -0.4 is 9.64 Å². The molecule has 0 saturated carbocycles. The van der Waals surface area contributed by atoms with E-state index in [1.807, 2.05) is 6.07 Å². The van der Waals surface area contributed by atoms with Gasteiger partial charge in [0.1, 0.15) is 24.1 Å². The van der Waals surface area contributed by atoms with Gasteiger partial charge in [0.25, 0.3) is 0 Å². The van der Waals surface area contributed by atoms with Gasteiger partial charge in [0, 0.05) is 43.9 Å². The van der Waals surface area contributed by atoms with Crippen LogP contribution in [0, 0.1) is 0 Å². The average molecular weight is 437 g/mol. The minimum atomic E-state index is -0.969. The molecule has 0 aliphatic carbocycles. The zero-order valence-corrected chi connectivity index (χ0v) is 18.4. The van der Waals surface area contributed by atoms with Crippen molar-refractivity contribution in [1.82, 2.24) is 25.0 Å². The summed E-state index contributed by atoms with van der Waals surface area (Å²) in [6, 6.07) is 8.34. The fraction of sp³-hybridized carbons (Fsp3) is 0.435. The molecule has 0 radical (unpaired) electrons.